The molecule has 0 saturated carbocycles. The van der Waals surface area contributed by atoms with Crippen LogP contribution in [0.2, 0.25) is 0 Å². The lowest BCUT2D eigenvalue weighted by Gasteiger charge is -2.38. The van der Waals surface area contributed by atoms with Gasteiger partial charge >= 0.3 is 0 Å². The Labute approximate surface area is 243 Å². The van der Waals surface area contributed by atoms with Crippen molar-refractivity contribution in [1.82, 2.24) is 0 Å². The zero-order valence-corrected chi connectivity index (χ0v) is 26.4. The topological polar surface area (TPSA) is 9.23 Å². The minimum atomic E-state index is -0.492. The number of benzene rings is 4. The Morgan fingerprint density at radius 1 is 0.375 bits per heavy atom. The van der Waals surface area contributed by atoms with E-state index in [4.69, 9.17) is 4.74 Å². The number of hydrogen-bond donors (Lipinski definition) is 0. The normalized spacial score (nSPS) is 12.8. The first-order chi connectivity index (χ1) is 18.7. The predicted octanol–water partition coefficient (Wildman–Crippen LogP) is 10.4. The molecule has 0 aliphatic carbocycles. The number of ether oxygens (including phenoxy) is 1. The highest BCUT2D eigenvalue weighted by Crippen LogP contribution is 2.46. The minimum absolute atomic E-state index is 0.0864. The summed E-state index contributed by atoms with van der Waals surface area (Å²) in [5.41, 5.74) is 8.79. The van der Waals surface area contributed by atoms with E-state index in [0.29, 0.717) is 6.61 Å². The molecule has 0 spiro atoms. The van der Waals surface area contributed by atoms with Gasteiger partial charge in [0, 0.05) is 0 Å². The Morgan fingerprint density at radius 3 is 0.825 bits per heavy atom. The summed E-state index contributed by atoms with van der Waals surface area (Å²) in [6, 6.07) is 36.6. The summed E-state index contributed by atoms with van der Waals surface area (Å²) in [5.74, 6) is 0.898. The molecule has 210 valence electrons. The monoisotopic (exact) mass is 532 g/mol. The van der Waals surface area contributed by atoms with E-state index in [1.807, 2.05) is 6.92 Å². The number of hydrogen-bond acceptors (Lipinski definition) is 1. The average Bonchev–Trinajstić information content (AvgIpc) is 2.90. The summed E-state index contributed by atoms with van der Waals surface area (Å²) in [6.45, 7) is 23.2. The van der Waals surface area contributed by atoms with Gasteiger partial charge in [0.25, 0.3) is 0 Å². The maximum Gasteiger partial charge on any atom is 0.119 e. The summed E-state index contributed by atoms with van der Waals surface area (Å²) >= 11 is 0. The van der Waals surface area contributed by atoms with Crippen molar-refractivity contribution in [1.29, 1.82) is 0 Å². The van der Waals surface area contributed by atoms with Crippen LogP contribution in [0.15, 0.2) is 97.1 Å². The van der Waals surface area contributed by atoms with Gasteiger partial charge in [-0.2, -0.15) is 0 Å². The van der Waals surface area contributed by atoms with Crippen molar-refractivity contribution in [3.8, 4) is 5.75 Å². The second-order valence-electron chi connectivity index (χ2n) is 14.2. The third-order valence-electron chi connectivity index (χ3n) is 8.15. The molecule has 1 heteroatoms. The zero-order chi connectivity index (χ0) is 29.3. The lowest BCUT2D eigenvalue weighted by atomic mass is 9.64. The van der Waals surface area contributed by atoms with Crippen molar-refractivity contribution >= 4 is 0 Å². The van der Waals surface area contributed by atoms with Crippen molar-refractivity contribution < 1.29 is 4.74 Å². The Balaban J connectivity index is 2.06. The molecule has 0 aromatic heterocycles. The third-order valence-corrected chi connectivity index (χ3v) is 8.15. The first-order valence-corrected chi connectivity index (χ1v) is 14.7. The largest absolute Gasteiger partial charge is 0.494 e. The Bertz CT molecular complexity index is 1240. The van der Waals surface area contributed by atoms with Gasteiger partial charge in [0.15, 0.2) is 0 Å². The second kappa shape index (κ2) is 10.9. The van der Waals surface area contributed by atoms with Gasteiger partial charge in [0.2, 0.25) is 0 Å². The van der Waals surface area contributed by atoms with Crippen LogP contribution in [0.3, 0.4) is 0 Å². The Kier molecular flexibility index (Phi) is 8.10. The standard InChI is InChI=1S/C39H48O/c1-11-40-35-26-24-34(25-27-35)39(31-18-12-28(13-19-31)36(2,3)4,32-20-14-29(15-21-32)37(5,6)7)33-22-16-30(17-23-33)38(8,9)10/h12-27H,11H2,1-10H3. The number of rotatable bonds is 6. The highest BCUT2D eigenvalue weighted by Gasteiger charge is 2.39. The lowest BCUT2D eigenvalue weighted by molar-refractivity contribution is 0.340. The molecule has 4 aromatic carbocycles. The summed E-state index contributed by atoms with van der Waals surface area (Å²) < 4.78 is 5.85. The minimum Gasteiger partial charge on any atom is -0.494 e. The van der Waals surface area contributed by atoms with Gasteiger partial charge in [-0.25, -0.2) is 0 Å². The van der Waals surface area contributed by atoms with Crippen molar-refractivity contribution in [2.75, 3.05) is 6.61 Å². The Hall–Kier alpha value is -3.32. The van der Waals surface area contributed by atoms with Crippen LogP contribution in [0, 0.1) is 0 Å². The van der Waals surface area contributed by atoms with Crippen LogP contribution in [0.25, 0.3) is 0 Å². The van der Waals surface area contributed by atoms with Gasteiger partial charge < -0.3 is 4.74 Å². The molecule has 0 aliphatic rings. The molecule has 1 nitrogen and oxygen atoms in total. The quantitative estimate of drug-likeness (QED) is 0.224. The first-order valence-electron chi connectivity index (χ1n) is 14.7. The van der Waals surface area contributed by atoms with Gasteiger partial charge in [-0.15, -0.1) is 0 Å². The van der Waals surface area contributed by atoms with Gasteiger partial charge in [0.05, 0.1) is 12.0 Å². The van der Waals surface area contributed by atoms with Crippen LogP contribution in [-0.4, -0.2) is 6.61 Å². The SMILES string of the molecule is CCOc1ccc(C(c2ccc(C(C)(C)C)cc2)(c2ccc(C(C)(C)C)cc2)c2ccc(C(C)(C)C)cc2)cc1. The molecule has 0 fully saturated rings. The maximum absolute atomic E-state index is 5.85. The second-order valence-corrected chi connectivity index (χ2v) is 14.2. The highest BCUT2D eigenvalue weighted by atomic mass is 16.5. The fourth-order valence-electron chi connectivity index (χ4n) is 5.63. The highest BCUT2D eigenvalue weighted by molar-refractivity contribution is 5.61. The molecule has 40 heavy (non-hydrogen) atoms. The molecule has 0 heterocycles. The van der Waals surface area contributed by atoms with Crippen LogP contribution in [0.1, 0.15) is 108 Å². The summed E-state index contributed by atoms with van der Waals surface area (Å²) in [7, 11) is 0. The van der Waals surface area contributed by atoms with E-state index in [9.17, 15) is 0 Å². The van der Waals surface area contributed by atoms with Crippen molar-refractivity contribution in [2.24, 2.45) is 0 Å². The third kappa shape index (κ3) is 5.90. The molecule has 0 bridgehead atoms. The zero-order valence-electron chi connectivity index (χ0n) is 26.4. The van der Waals surface area contributed by atoms with Gasteiger partial charge in [-0.05, 0) is 74.2 Å². The van der Waals surface area contributed by atoms with Gasteiger partial charge in [-0.1, -0.05) is 147 Å². The molecule has 0 aliphatic heterocycles. The molecular formula is C39H48O. The van der Waals surface area contributed by atoms with Crippen LogP contribution in [0.5, 0.6) is 5.75 Å². The smallest absolute Gasteiger partial charge is 0.119 e. The lowest BCUT2D eigenvalue weighted by Crippen LogP contribution is -2.31. The van der Waals surface area contributed by atoms with E-state index in [2.05, 4.69) is 159 Å². The van der Waals surface area contributed by atoms with Crippen molar-refractivity contribution in [2.45, 2.75) is 90.9 Å². The summed E-state index contributed by atoms with van der Waals surface area (Å²) in [4.78, 5) is 0. The summed E-state index contributed by atoms with van der Waals surface area (Å²) in [5, 5.41) is 0. The van der Waals surface area contributed by atoms with Gasteiger partial charge in [0.1, 0.15) is 5.75 Å². The van der Waals surface area contributed by atoms with E-state index in [0.717, 1.165) is 5.75 Å². The van der Waals surface area contributed by atoms with E-state index < -0.39 is 5.41 Å². The molecule has 0 atom stereocenters. The van der Waals surface area contributed by atoms with E-state index in [-0.39, 0.29) is 16.2 Å². The van der Waals surface area contributed by atoms with Crippen molar-refractivity contribution in [3.63, 3.8) is 0 Å². The molecular weight excluding hydrogens is 484 g/mol. The molecule has 4 aromatic rings. The van der Waals surface area contributed by atoms with Crippen LogP contribution in [0.4, 0.5) is 0 Å². The molecule has 0 N–H and O–H groups in total. The van der Waals surface area contributed by atoms with Crippen LogP contribution < -0.4 is 4.74 Å². The fourth-order valence-corrected chi connectivity index (χ4v) is 5.63. The first kappa shape index (κ1) is 29.7. The Morgan fingerprint density at radius 2 is 0.600 bits per heavy atom. The van der Waals surface area contributed by atoms with E-state index in [1.165, 1.54) is 38.9 Å². The van der Waals surface area contributed by atoms with Crippen LogP contribution in [-0.2, 0) is 21.7 Å². The average molecular weight is 533 g/mol. The molecule has 4 rings (SSSR count). The van der Waals surface area contributed by atoms with Gasteiger partial charge in [-0.3, -0.25) is 0 Å². The van der Waals surface area contributed by atoms with Crippen LogP contribution >= 0.6 is 0 Å². The molecule has 0 unspecified atom stereocenters. The van der Waals surface area contributed by atoms with E-state index in [1.54, 1.807) is 0 Å². The molecule has 0 amide bonds. The maximum atomic E-state index is 5.85. The molecule has 0 radical (unpaired) electrons. The fraction of sp³-hybridized carbons (Fsp3) is 0.385. The van der Waals surface area contributed by atoms with E-state index >= 15 is 0 Å². The predicted molar refractivity (Wildman–Crippen MR) is 172 cm³/mol. The van der Waals surface area contributed by atoms with Crippen molar-refractivity contribution in [3.05, 3.63) is 136 Å². The summed E-state index contributed by atoms with van der Waals surface area (Å²) in [6.07, 6.45) is 0. The molecule has 0 saturated heterocycles.